The fourth-order valence-electron chi connectivity index (χ4n) is 2.16. The molecule has 0 aromatic rings. The molecule has 0 spiro atoms. The van der Waals surface area contributed by atoms with Crippen LogP contribution in [0.4, 0.5) is 0 Å². The molecule has 0 radical (unpaired) electrons. The van der Waals surface area contributed by atoms with Gasteiger partial charge < -0.3 is 10.8 Å². The van der Waals surface area contributed by atoms with E-state index in [0.29, 0.717) is 12.5 Å². The summed E-state index contributed by atoms with van der Waals surface area (Å²) in [5.41, 5.74) is 5.51. The summed E-state index contributed by atoms with van der Waals surface area (Å²) in [6.45, 7) is 6.67. The van der Waals surface area contributed by atoms with Gasteiger partial charge in [0.2, 0.25) is 0 Å². The molecule has 3 nitrogen and oxygen atoms in total. The van der Waals surface area contributed by atoms with Gasteiger partial charge in [0.15, 0.2) is 0 Å². The van der Waals surface area contributed by atoms with Crippen LogP contribution in [0.3, 0.4) is 0 Å². The van der Waals surface area contributed by atoms with Crippen LogP contribution in [-0.2, 0) is 4.79 Å². The molecule has 3 heteroatoms. The molecule has 1 rings (SSSR count). The number of hydrogen-bond donors (Lipinski definition) is 2. The van der Waals surface area contributed by atoms with Gasteiger partial charge in [-0.2, -0.15) is 0 Å². The van der Waals surface area contributed by atoms with Gasteiger partial charge in [0.25, 0.3) is 0 Å². The maximum atomic E-state index is 10.5. The summed E-state index contributed by atoms with van der Waals surface area (Å²) in [5.74, 6) is 0.00269. The summed E-state index contributed by atoms with van der Waals surface area (Å²) in [5, 5.41) is 8.65. The van der Waals surface area contributed by atoms with E-state index in [1.54, 1.807) is 0 Å². The number of carbonyl (C=O) groups is 1. The number of rotatable bonds is 4. The molecule has 14 heavy (non-hydrogen) atoms. The fourth-order valence-corrected chi connectivity index (χ4v) is 2.16. The molecule has 1 saturated carbocycles. The van der Waals surface area contributed by atoms with E-state index in [-0.39, 0.29) is 11.8 Å². The van der Waals surface area contributed by atoms with Crippen molar-refractivity contribution < 1.29 is 9.90 Å². The van der Waals surface area contributed by atoms with E-state index in [2.05, 4.69) is 6.92 Å². The van der Waals surface area contributed by atoms with Gasteiger partial charge in [0.05, 0.1) is 6.42 Å². The van der Waals surface area contributed by atoms with Gasteiger partial charge in [0.1, 0.15) is 0 Å². The van der Waals surface area contributed by atoms with Crippen molar-refractivity contribution in [1.82, 2.24) is 0 Å². The molecule has 0 amide bonds. The van der Waals surface area contributed by atoms with Crippen molar-refractivity contribution >= 4 is 5.97 Å². The Morgan fingerprint density at radius 1 is 1.50 bits per heavy atom. The van der Waals surface area contributed by atoms with E-state index in [1.165, 1.54) is 0 Å². The van der Waals surface area contributed by atoms with Crippen LogP contribution >= 0.6 is 0 Å². The standard InChI is InChI=1S/C9H17NO2.C2H6/c1-2-7-3-9(4-7,6-10)5-8(11)12;1-2/h7H,2-6,10H2,1H3,(H,11,12);1-2H3. The smallest absolute Gasteiger partial charge is 0.303 e. The minimum absolute atomic E-state index is 0.0630. The average molecular weight is 201 g/mol. The second-order valence-corrected chi connectivity index (χ2v) is 3.96. The Kier molecular flexibility index (Phi) is 5.77. The third-order valence-corrected chi connectivity index (χ3v) is 2.98. The highest BCUT2D eigenvalue weighted by molar-refractivity contribution is 5.68. The Bertz CT molecular complexity index is 174. The van der Waals surface area contributed by atoms with Crippen LogP contribution in [0.1, 0.15) is 46.5 Å². The van der Waals surface area contributed by atoms with Gasteiger partial charge in [-0.05, 0) is 30.7 Å². The molecule has 0 atom stereocenters. The van der Waals surface area contributed by atoms with E-state index in [0.717, 1.165) is 19.3 Å². The summed E-state index contributed by atoms with van der Waals surface area (Å²) in [6.07, 6.45) is 3.42. The van der Waals surface area contributed by atoms with Crippen LogP contribution in [0.5, 0.6) is 0 Å². The molecule has 1 aliphatic carbocycles. The first kappa shape index (κ1) is 13.4. The average Bonchev–Trinajstić information content (AvgIpc) is 2.13. The van der Waals surface area contributed by atoms with E-state index in [1.807, 2.05) is 13.8 Å². The largest absolute Gasteiger partial charge is 0.481 e. The van der Waals surface area contributed by atoms with Crippen molar-refractivity contribution in [3.05, 3.63) is 0 Å². The molecule has 0 heterocycles. The van der Waals surface area contributed by atoms with E-state index in [9.17, 15) is 4.79 Å². The van der Waals surface area contributed by atoms with Gasteiger partial charge in [0, 0.05) is 0 Å². The summed E-state index contributed by atoms with van der Waals surface area (Å²) in [7, 11) is 0. The SMILES string of the molecule is CC.CCC1CC(CN)(CC(=O)O)C1. The van der Waals surface area contributed by atoms with Gasteiger partial charge in [-0.3, -0.25) is 4.79 Å². The topological polar surface area (TPSA) is 63.3 Å². The Morgan fingerprint density at radius 3 is 2.29 bits per heavy atom. The Hall–Kier alpha value is -0.570. The van der Waals surface area contributed by atoms with Crippen LogP contribution < -0.4 is 5.73 Å². The minimum Gasteiger partial charge on any atom is -0.481 e. The molecule has 0 bridgehead atoms. The summed E-state index contributed by atoms with van der Waals surface area (Å²) < 4.78 is 0. The number of nitrogens with two attached hydrogens (primary N) is 1. The van der Waals surface area contributed by atoms with E-state index < -0.39 is 5.97 Å². The zero-order valence-electron chi connectivity index (χ0n) is 9.55. The lowest BCUT2D eigenvalue weighted by Crippen LogP contribution is -2.44. The zero-order chi connectivity index (χ0) is 11.2. The lowest BCUT2D eigenvalue weighted by atomic mass is 9.59. The lowest BCUT2D eigenvalue weighted by Gasteiger charge is -2.46. The molecular weight excluding hydrogens is 178 g/mol. The van der Waals surface area contributed by atoms with Crippen molar-refractivity contribution in [3.8, 4) is 0 Å². The van der Waals surface area contributed by atoms with Crippen LogP contribution in [0, 0.1) is 11.3 Å². The number of carboxylic acids is 1. The second kappa shape index (κ2) is 6.02. The van der Waals surface area contributed by atoms with Gasteiger partial charge in [-0.25, -0.2) is 0 Å². The van der Waals surface area contributed by atoms with Crippen molar-refractivity contribution in [2.24, 2.45) is 17.1 Å². The molecule has 0 saturated heterocycles. The molecule has 1 fully saturated rings. The Labute approximate surface area is 86.7 Å². The first-order chi connectivity index (χ1) is 6.62. The maximum absolute atomic E-state index is 10.5. The van der Waals surface area contributed by atoms with Gasteiger partial charge in [-0.15, -0.1) is 0 Å². The van der Waals surface area contributed by atoms with E-state index >= 15 is 0 Å². The van der Waals surface area contributed by atoms with Crippen LogP contribution in [0.15, 0.2) is 0 Å². The summed E-state index contributed by atoms with van der Waals surface area (Å²) in [6, 6.07) is 0. The highest BCUT2D eigenvalue weighted by atomic mass is 16.4. The molecule has 0 aliphatic heterocycles. The first-order valence-corrected chi connectivity index (χ1v) is 5.54. The Balaban J connectivity index is 0.000000791. The third-order valence-electron chi connectivity index (χ3n) is 2.98. The quantitative estimate of drug-likeness (QED) is 0.733. The summed E-state index contributed by atoms with van der Waals surface area (Å²) in [4.78, 5) is 10.5. The lowest BCUT2D eigenvalue weighted by molar-refractivity contribution is -0.142. The van der Waals surface area contributed by atoms with Gasteiger partial charge in [-0.1, -0.05) is 27.2 Å². The highest BCUT2D eigenvalue weighted by Crippen LogP contribution is 2.48. The molecule has 1 aliphatic rings. The summed E-state index contributed by atoms with van der Waals surface area (Å²) >= 11 is 0. The van der Waals surface area contributed by atoms with Crippen molar-refractivity contribution in [3.63, 3.8) is 0 Å². The van der Waals surface area contributed by atoms with Gasteiger partial charge >= 0.3 is 5.97 Å². The van der Waals surface area contributed by atoms with Crippen LogP contribution in [0.2, 0.25) is 0 Å². The monoisotopic (exact) mass is 201 g/mol. The van der Waals surface area contributed by atoms with E-state index in [4.69, 9.17) is 10.8 Å². The zero-order valence-corrected chi connectivity index (χ0v) is 9.55. The fraction of sp³-hybridized carbons (Fsp3) is 0.909. The highest BCUT2D eigenvalue weighted by Gasteiger charge is 2.43. The second-order valence-electron chi connectivity index (χ2n) is 3.96. The molecule has 0 aromatic carbocycles. The van der Waals surface area contributed by atoms with Crippen molar-refractivity contribution in [2.75, 3.05) is 6.54 Å². The number of hydrogen-bond acceptors (Lipinski definition) is 2. The van der Waals surface area contributed by atoms with Crippen LogP contribution in [-0.4, -0.2) is 17.6 Å². The molecule has 84 valence electrons. The maximum Gasteiger partial charge on any atom is 0.303 e. The molecule has 0 unspecified atom stereocenters. The number of carboxylic acid groups (broad SMARTS) is 1. The predicted molar refractivity (Wildman–Crippen MR) is 58.1 cm³/mol. The van der Waals surface area contributed by atoms with Crippen LogP contribution in [0.25, 0.3) is 0 Å². The van der Waals surface area contributed by atoms with Crippen molar-refractivity contribution in [2.45, 2.75) is 46.5 Å². The molecular formula is C11H23NO2. The predicted octanol–water partition coefficient (Wildman–Crippen LogP) is 2.25. The third kappa shape index (κ3) is 3.29. The molecule has 0 aromatic heterocycles. The normalized spacial score (nSPS) is 29.9. The number of aliphatic carboxylic acids is 1. The first-order valence-electron chi connectivity index (χ1n) is 5.54. The minimum atomic E-state index is -0.713. The molecule has 3 N–H and O–H groups in total. The van der Waals surface area contributed by atoms with Crippen molar-refractivity contribution in [1.29, 1.82) is 0 Å². The Morgan fingerprint density at radius 2 is 2.00 bits per heavy atom.